The van der Waals surface area contributed by atoms with Gasteiger partial charge < -0.3 is 5.32 Å². The number of carbonyl (C=O) groups excluding carboxylic acids is 3. The van der Waals surface area contributed by atoms with Crippen molar-refractivity contribution >= 4 is 35.0 Å². The Labute approximate surface area is 183 Å². The van der Waals surface area contributed by atoms with Gasteiger partial charge in [-0.05, 0) is 29.7 Å². The molecule has 31 heavy (non-hydrogen) atoms. The second-order valence-electron chi connectivity index (χ2n) is 8.73. The number of carbonyl (C=O) groups is 3. The summed E-state index contributed by atoms with van der Waals surface area (Å²) in [6.45, 7) is 3.95. The minimum atomic E-state index is -1.36. The summed E-state index contributed by atoms with van der Waals surface area (Å²) in [4.78, 5) is 41.6. The van der Waals surface area contributed by atoms with Gasteiger partial charge in [-0.25, -0.2) is 4.39 Å². The van der Waals surface area contributed by atoms with Crippen LogP contribution in [-0.4, -0.2) is 28.7 Å². The number of fused-ring (bicyclic) bond motifs is 4. The Balaban J connectivity index is 1.61. The van der Waals surface area contributed by atoms with E-state index in [9.17, 15) is 18.8 Å². The van der Waals surface area contributed by atoms with Gasteiger partial charge in [-0.15, -0.1) is 0 Å². The maximum absolute atomic E-state index is 13.6. The first-order chi connectivity index (χ1) is 14.8. The third kappa shape index (κ3) is 2.69. The summed E-state index contributed by atoms with van der Waals surface area (Å²) < 4.78 is 13.3. The van der Waals surface area contributed by atoms with E-state index in [1.165, 1.54) is 17.0 Å². The standard InChI is InChI=1S/C23H21ClFN3O3/c1-11(2)18-16-17(21(30)28(20(16)29)10-12-6-8-13(25)9-7-12)23(27-18)14-4-3-5-15(24)19(14)26-22(23)31/h3-9,11,16-18,27H,10H2,1-2H3,(H,26,31)/t16-,17-,18+,23-/m0/s1. The highest BCUT2D eigenvalue weighted by Crippen LogP contribution is 2.55. The van der Waals surface area contributed by atoms with Crippen molar-refractivity contribution in [3.63, 3.8) is 0 Å². The fourth-order valence-electron chi connectivity index (χ4n) is 5.29. The van der Waals surface area contributed by atoms with Crippen LogP contribution >= 0.6 is 11.6 Å². The Kier molecular flexibility index (Phi) is 4.46. The Morgan fingerprint density at radius 1 is 1.10 bits per heavy atom. The molecule has 0 unspecified atom stereocenters. The van der Waals surface area contributed by atoms with Crippen LogP contribution in [0.4, 0.5) is 10.1 Å². The lowest BCUT2D eigenvalue weighted by molar-refractivity contribution is -0.143. The summed E-state index contributed by atoms with van der Waals surface area (Å²) in [5.41, 5.74) is 0.352. The molecule has 3 heterocycles. The molecule has 2 aromatic rings. The monoisotopic (exact) mass is 441 g/mol. The molecule has 2 N–H and O–H groups in total. The Hall–Kier alpha value is -2.77. The number of hydrogen-bond acceptors (Lipinski definition) is 4. The van der Waals surface area contributed by atoms with E-state index in [-0.39, 0.29) is 36.1 Å². The summed E-state index contributed by atoms with van der Waals surface area (Å²) in [5, 5.41) is 6.57. The molecule has 0 aromatic heterocycles. The van der Waals surface area contributed by atoms with Gasteiger partial charge in [-0.2, -0.15) is 0 Å². The fourth-order valence-corrected chi connectivity index (χ4v) is 5.51. The van der Waals surface area contributed by atoms with E-state index in [4.69, 9.17) is 11.6 Å². The number of likely N-dealkylation sites (tertiary alicyclic amines) is 1. The van der Waals surface area contributed by atoms with Gasteiger partial charge in [-0.3, -0.25) is 24.6 Å². The molecule has 3 aliphatic heterocycles. The largest absolute Gasteiger partial charge is 0.323 e. The third-order valence-electron chi connectivity index (χ3n) is 6.70. The van der Waals surface area contributed by atoms with Crippen molar-refractivity contribution in [2.45, 2.75) is 32.0 Å². The van der Waals surface area contributed by atoms with Gasteiger partial charge in [0, 0.05) is 11.6 Å². The molecule has 8 heteroatoms. The molecular formula is C23H21ClFN3O3. The zero-order valence-corrected chi connectivity index (χ0v) is 17.7. The SMILES string of the molecule is CC(C)[C@H]1N[C@]2(C(=O)Nc3c(Cl)cccc32)[C@@H]2C(=O)N(Cc3ccc(F)cc3)C(=O)[C@H]12. The Morgan fingerprint density at radius 2 is 1.81 bits per heavy atom. The second-order valence-corrected chi connectivity index (χ2v) is 9.14. The molecule has 0 aliphatic carbocycles. The Bertz CT molecular complexity index is 1120. The highest BCUT2D eigenvalue weighted by molar-refractivity contribution is 6.35. The van der Waals surface area contributed by atoms with E-state index in [0.29, 0.717) is 21.8 Å². The average molecular weight is 442 g/mol. The molecular weight excluding hydrogens is 421 g/mol. The van der Waals surface area contributed by atoms with Crippen LogP contribution in [0.3, 0.4) is 0 Å². The van der Waals surface area contributed by atoms with Crippen LogP contribution in [0.1, 0.15) is 25.0 Å². The molecule has 3 aliphatic rings. The number of rotatable bonds is 3. The summed E-state index contributed by atoms with van der Waals surface area (Å²) in [6, 6.07) is 10.5. The molecule has 2 fully saturated rings. The number of benzene rings is 2. The number of anilines is 1. The quantitative estimate of drug-likeness (QED) is 0.717. The smallest absolute Gasteiger partial charge is 0.250 e. The summed E-state index contributed by atoms with van der Waals surface area (Å²) in [7, 11) is 0. The molecule has 6 nitrogen and oxygen atoms in total. The number of amides is 3. The molecule has 3 amide bonds. The van der Waals surface area contributed by atoms with Crippen molar-refractivity contribution in [3.8, 4) is 0 Å². The van der Waals surface area contributed by atoms with Crippen molar-refractivity contribution in [3.05, 3.63) is 64.4 Å². The summed E-state index contributed by atoms with van der Waals surface area (Å²) >= 11 is 6.32. The van der Waals surface area contributed by atoms with Crippen LogP contribution in [0, 0.1) is 23.6 Å². The van der Waals surface area contributed by atoms with E-state index in [1.54, 1.807) is 30.3 Å². The molecule has 2 aromatic carbocycles. The lowest BCUT2D eigenvalue weighted by atomic mass is 9.76. The van der Waals surface area contributed by atoms with Gasteiger partial charge in [0.1, 0.15) is 11.4 Å². The highest BCUT2D eigenvalue weighted by Gasteiger charge is 2.70. The number of hydrogen-bond donors (Lipinski definition) is 2. The first kappa shape index (κ1) is 20.2. The van der Waals surface area contributed by atoms with Gasteiger partial charge in [0.05, 0.1) is 29.1 Å². The number of nitrogens with zero attached hydrogens (tertiary/aromatic N) is 1. The van der Waals surface area contributed by atoms with Crippen LogP contribution in [0.15, 0.2) is 42.5 Å². The maximum atomic E-state index is 13.6. The van der Waals surface area contributed by atoms with Crippen LogP contribution in [-0.2, 0) is 26.5 Å². The van der Waals surface area contributed by atoms with E-state index >= 15 is 0 Å². The first-order valence-electron chi connectivity index (χ1n) is 10.2. The zero-order valence-electron chi connectivity index (χ0n) is 17.0. The second kappa shape index (κ2) is 6.87. The third-order valence-corrected chi connectivity index (χ3v) is 7.01. The molecule has 5 rings (SSSR count). The number of para-hydroxylation sites is 1. The van der Waals surface area contributed by atoms with E-state index in [0.717, 1.165) is 0 Å². The molecule has 1 spiro atoms. The number of imide groups is 1. The molecule has 0 bridgehead atoms. The molecule has 0 saturated carbocycles. The lowest BCUT2D eigenvalue weighted by Crippen LogP contribution is -2.53. The molecule has 0 radical (unpaired) electrons. The van der Waals surface area contributed by atoms with Crippen molar-refractivity contribution in [2.24, 2.45) is 17.8 Å². The van der Waals surface area contributed by atoms with Crippen LogP contribution in [0.5, 0.6) is 0 Å². The van der Waals surface area contributed by atoms with Gasteiger partial charge >= 0.3 is 0 Å². The van der Waals surface area contributed by atoms with Gasteiger partial charge in [0.2, 0.25) is 17.7 Å². The van der Waals surface area contributed by atoms with Crippen LogP contribution < -0.4 is 10.6 Å². The minimum Gasteiger partial charge on any atom is -0.323 e. The highest BCUT2D eigenvalue weighted by atomic mass is 35.5. The van der Waals surface area contributed by atoms with Gasteiger partial charge in [0.15, 0.2) is 0 Å². The molecule has 2 saturated heterocycles. The number of nitrogens with one attached hydrogen (secondary N) is 2. The molecule has 160 valence electrons. The van der Waals surface area contributed by atoms with E-state index in [2.05, 4.69) is 10.6 Å². The predicted octanol–water partition coefficient (Wildman–Crippen LogP) is 3.06. The number of halogens is 2. The van der Waals surface area contributed by atoms with E-state index in [1.807, 2.05) is 13.8 Å². The summed E-state index contributed by atoms with van der Waals surface area (Å²) in [5.74, 6) is -3.04. The van der Waals surface area contributed by atoms with Crippen LogP contribution in [0.2, 0.25) is 5.02 Å². The van der Waals surface area contributed by atoms with Crippen molar-refractivity contribution in [2.75, 3.05) is 5.32 Å². The van der Waals surface area contributed by atoms with Crippen molar-refractivity contribution in [1.29, 1.82) is 0 Å². The lowest BCUT2D eigenvalue weighted by Gasteiger charge is -2.30. The predicted molar refractivity (Wildman–Crippen MR) is 112 cm³/mol. The van der Waals surface area contributed by atoms with Gasteiger partial charge in [-0.1, -0.05) is 49.7 Å². The summed E-state index contributed by atoms with van der Waals surface area (Å²) in [6.07, 6.45) is 0. The van der Waals surface area contributed by atoms with E-state index < -0.39 is 23.3 Å². The van der Waals surface area contributed by atoms with Crippen molar-refractivity contribution in [1.82, 2.24) is 10.2 Å². The van der Waals surface area contributed by atoms with Crippen LogP contribution in [0.25, 0.3) is 0 Å². The van der Waals surface area contributed by atoms with Crippen molar-refractivity contribution < 1.29 is 18.8 Å². The Morgan fingerprint density at radius 3 is 2.48 bits per heavy atom. The van der Waals surface area contributed by atoms with Gasteiger partial charge in [0.25, 0.3) is 0 Å². The average Bonchev–Trinajstić information content (AvgIpc) is 3.32. The maximum Gasteiger partial charge on any atom is 0.250 e. The minimum absolute atomic E-state index is 0.00503. The first-order valence-corrected chi connectivity index (χ1v) is 10.6. The zero-order chi connectivity index (χ0) is 22.1. The fraction of sp³-hybridized carbons (Fsp3) is 0.348. The topological polar surface area (TPSA) is 78.5 Å². The molecule has 4 atom stereocenters. The normalized spacial score (nSPS) is 29.1.